The number of hydrogen-bond acceptors (Lipinski definition) is 3. The lowest BCUT2D eigenvalue weighted by molar-refractivity contribution is 0.0465. The standard InChI is InChI=1S/C12H18O3/c1-5-8-14-11(13)9-6-7-10(15-9)12(2,3)4/h6-7H,5,8H2,1-4H3. The van der Waals surface area contributed by atoms with Gasteiger partial charge in [-0.15, -0.1) is 0 Å². The summed E-state index contributed by atoms with van der Waals surface area (Å²) in [6.45, 7) is 8.49. The van der Waals surface area contributed by atoms with Gasteiger partial charge in [0, 0.05) is 5.41 Å². The minimum absolute atomic E-state index is 0.0801. The molecule has 0 bridgehead atoms. The summed E-state index contributed by atoms with van der Waals surface area (Å²) in [5.41, 5.74) is -0.0801. The Morgan fingerprint density at radius 2 is 2.07 bits per heavy atom. The maximum Gasteiger partial charge on any atom is 0.374 e. The van der Waals surface area contributed by atoms with E-state index in [2.05, 4.69) is 0 Å². The second-order valence-corrected chi connectivity index (χ2v) is 4.55. The predicted octanol–water partition coefficient (Wildman–Crippen LogP) is 3.14. The van der Waals surface area contributed by atoms with Crippen molar-refractivity contribution in [2.45, 2.75) is 39.5 Å². The van der Waals surface area contributed by atoms with E-state index in [0.29, 0.717) is 6.61 Å². The first-order valence-corrected chi connectivity index (χ1v) is 5.22. The van der Waals surface area contributed by atoms with Crippen LogP contribution in [0.3, 0.4) is 0 Å². The summed E-state index contributed by atoms with van der Waals surface area (Å²) in [5, 5.41) is 0. The Morgan fingerprint density at radius 1 is 1.40 bits per heavy atom. The molecular formula is C12H18O3. The first-order valence-electron chi connectivity index (χ1n) is 5.22. The zero-order chi connectivity index (χ0) is 11.5. The Morgan fingerprint density at radius 3 is 2.53 bits per heavy atom. The second kappa shape index (κ2) is 4.51. The fraction of sp³-hybridized carbons (Fsp3) is 0.583. The lowest BCUT2D eigenvalue weighted by Crippen LogP contribution is -2.10. The normalized spacial score (nSPS) is 11.5. The highest BCUT2D eigenvalue weighted by Crippen LogP contribution is 2.24. The molecule has 1 rings (SSSR count). The predicted molar refractivity (Wildman–Crippen MR) is 58.0 cm³/mol. The first kappa shape index (κ1) is 11.8. The molecule has 0 saturated heterocycles. The van der Waals surface area contributed by atoms with Crippen LogP contribution in [0.4, 0.5) is 0 Å². The van der Waals surface area contributed by atoms with E-state index >= 15 is 0 Å². The molecule has 3 nitrogen and oxygen atoms in total. The number of hydrogen-bond donors (Lipinski definition) is 0. The average Bonchev–Trinajstić information content (AvgIpc) is 2.62. The van der Waals surface area contributed by atoms with Gasteiger partial charge in [-0.3, -0.25) is 0 Å². The molecule has 0 aliphatic rings. The van der Waals surface area contributed by atoms with E-state index in [1.807, 2.05) is 33.8 Å². The van der Waals surface area contributed by atoms with Gasteiger partial charge >= 0.3 is 5.97 Å². The van der Waals surface area contributed by atoms with Crippen LogP contribution in [0.25, 0.3) is 0 Å². The van der Waals surface area contributed by atoms with E-state index in [0.717, 1.165) is 12.2 Å². The highest BCUT2D eigenvalue weighted by atomic mass is 16.5. The molecular weight excluding hydrogens is 192 g/mol. The maximum absolute atomic E-state index is 11.4. The summed E-state index contributed by atoms with van der Waals surface area (Å²) in [6, 6.07) is 3.49. The molecule has 1 heterocycles. The zero-order valence-corrected chi connectivity index (χ0v) is 9.79. The number of carbonyl (C=O) groups excluding carboxylic acids is 1. The molecule has 0 radical (unpaired) electrons. The Labute approximate surface area is 90.4 Å². The van der Waals surface area contributed by atoms with Gasteiger partial charge < -0.3 is 9.15 Å². The zero-order valence-electron chi connectivity index (χ0n) is 9.79. The number of carbonyl (C=O) groups is 1. The SMILES string of the molecule is CCCOC(=O)c1ccc(C(C)(C)C)o1. The molecule has 0 N–H and O–H groups in total. The Hall–Kier alpha value is -1.25. The van der Waals surface area contributed by atoms with E-state index in [-0.39, 0.29) is 17.1 Å². The van der Waals surface area contributed by atoms with Crippen LogP contribution >= 0.6 is 0 Å². The van der Waals surface area contributed by atoms with E-state index in [4.69, 9.17) is 9.15 Å². The van der Waals surface area contributed by atoms with Crippen LogP contribution in [0.2, 0.25) is 0 Å². The average molecular weight is 210 g/mol. The van der Waals surface area contributed by atoms with E-state index < -0.39 is 0 Å². The number of furan rings is 1. The lowest BCUT2D eigenvalue weighted by atomic mass is 9.94. The summed E-state index contributed by atoms with van der Waals surface area (Å²) in [6.07, 6.45) is 0.818. The molecule has 0 atom stereocenters. The van der Waals surface area contributed by atoms with Crippen LogP contribution in [-0.4, -0.2) is 12.6 Å². The fourth-order valence-electron chi connectivity index (χ4n) is 1.12. The van der Waals surface area contributed by atoms with Crippen LogP contribution in [0.15, 0.2) is 16.5 Å². The largest absolute Gasteiger partial charge is 0.460 e. The number of esters is 1. The third-order valence-electron chi connectivity index (χ3n) is 1.98. The van der Waals surface area contributed by atoms with Crippen molar-refractivity contribution in [3.63, 3.8) is 0 Å². The van der Waals surface area contributed by atoms with Gasteiger partial charge in [0.1, 0.15) is 5.76 Å². The van der Waals surface area contributed by atoms with E-state index in [1.54, 1.807) is 6.07 Å². The molecule has 0 aliphatic heterocycles. The van der Waals surface area contributed by atoms with Crippen molar-refractivity contribution in [1.82, 2.24) is 0 Å². The van der Waals surface area contributed by atoms with Crippen molar-refractivity contribution in [1.29, 1.82) is 0 Å². The van der Waals surface area contributed by atoms with Crippen molar-refractivity contribution < 1.29 is 13.9 Å². The summed E-state index contributed by atoms with van der Waals surface area (Å²) in [7, 11) is 0. The van der Waals surface area contributed by atoms with Crippen molar-refractivity contribution in [3.8, 4) is 0 Å². The second-order valence-electron chi connectivity index (χ2n) is 4.55. The van der Waals surface area contributed by atoms with Gasteiger partial charge in [0.2, 0.25) is 5.76 Å². The lowest BCUT2D eigenvalue weighted by Gasteiger charge is -2.13. The third-order valence-corrected chi connectivity index (χ3v) is 1.98. The smallest absolute Gasteiger partial charge is 0.374 e. The molecule has 0 saturated carbocycles. The molecule has 0 aliphatic carbocycles. The Balaban J connectivity index is 2.72. The van der Waals surface area contributed by atoms with Gasteiger partial charge in [-0.05, 0) is 18.6 Å². The fourth-order valence-corrected chi connectivity index (χ4v) is 1.12. The Bertz CT molecular complexity index is 331. The molecule has 1 aromatic heterocycles. The minimum Gasteiger partial charge on any atom is -0.460 e. The molecule has 15 heavy (non-hydrogen) atoms. The molecule has 0 unspecified atom stereocenters. The summed E-state index contributed by atoms with van der Waals surface area (Å²) >= 11 is 0. The quantitative estimate of drug-likeness (QED) is 0.719. The van der Waals surface area contributed by atoms with Gasteiger partial charge in [0.15, 0.2) is 0 Å². The van der Waals surface area contributed by atoms with Crippen molar-refractivity contribution in [2.24, 2.45) is 0 Å². The van der Waals surface area contributed by atoms with Crippen LogP contribution in [0.1, 0.15) is 50.4 Å². The van der Waals surface area contributed by atoms with Gasteiger partial charge in [0.25, 0.3) is 0 Å². The first-order chi connectivity index (χ1) is 6.95. The van der Waals surface area contributed by atoms with E-state index in [1.165, 1.54) is 0 Å². The van der Waals surface area contributed by atoms with Crippen molar-refractivity contribution >= 4 is 5.97 Å². The van der Waals surface area contributed by atoms with Gasteiger partial charge in [-0.1, -0.05) is 27.7 Å². The molecule has 0 fully saturated rings. The topological polar surface area (TPSA) is 39.4 Å². The molecule has 0 aromatic carbocycles. The highest BCUT2D eigenvalue weighted by molar-refractivity contribution is 5.86. The maximum atomic E-state index is 11.4. The van der Waals surface area contributed by atoms with Crippen LogP contribution in [0, 0.1) is 0 Å². The number of rotatable bonds is 3. The van der Waals surface area contributed by atoms with E-state index in [9.17, 15) is 4.79 Å². The van der Waals surface area contributed by atoms with Crippen LogP contribution in [-0.2, 0) is 10.2 Å². The highest BCUT2D eigenvalue weighted by Gasteiger charge is 2.20. The molecule has 0 spiro atoms. The number of ether oxygens (including phenoxy) is 1. The molecule has 1 aromatic rings. The minimum atomic E-state index is -0.382. The summed E-state index contributed by atoms with van der Waals surface area (Å²) < 4.78 is 10.4. The molecule has 84 valence electrons. The summed E-state index contributed by atoms with van der Waals surface area (Å²) in [4.78, 5) is 11.4. The van der Waals surface area contributed by atoms with Crippen LogP contribution < -0.4 is 0 Å². The van der Waals surface area contributed by atoms with Gasteiger partial charge in [0.05, 0.1) is 6.61 Å². The Kier molecular flexibility index (Phi) is 3.56. The third kappa shape index (κ3) is 3.11. The van der Waals surface area contributed by atoms with Crippen LogP contribution in [0.5, 0.6) is 0 Å². The van der Waals surface area contributed by atoms with Crippen molar-refractivity contribution in [3.05, 3.63) is 23.7 Å². The van der Waals surface area contributed by atoms with Gasteiger partial charge in [-0.25, -0.2) is 4.79 Å². The summed E-state index contributed by atoms with van der Waals surface area (Å²) in [5.74, 6) is 0.701. The van der Waals surface area contributed by atoms with Crippen molar-refractivity contribution in [2.75, 3.05) is 6.61 Å². The molecule has 0 amide bonds. The molecule has 3 heteroatoms. The van der Waals surface area contributed by atoms with Gasteiger partial charge in [-0.2, -0.15) is 0 Å². The monoisotopic (exact) mass is 210 g/mol.